The summed E-state index contributed by atoms with van der Waals surface area (Å²) in [7, 11) is 0. The van der Waals surface area contributed by atoms with Crippen LogP contribution in [-0.4, -0.2) is 44.4 Å². The lowest BCUT2D eigenvalue weighted by molar-refractivity contribution is 0.0321. The third-order valence-electron chi connectivity index (χ3n) is 3.59. The summed E-state index contributed by atoms with van der Waals surface area (Å²) in [5.41, 5.74) is 0. The van der Waals surface area contributed by atoms with Crippen molar-refractivity contribution in [3.05, 3.63) is 54.6 Å². The minimum absolute atomic E-state index is 0.648. The molecule has 1 heterocycles. The molecule has 2 aromatic carbocycles. The fraction of sp³-hybridized carbons (Fsp3) is 0.333. The molecule has 3 rings (SSSR count). The van der Waals surface area contributed by atoms with E-state index in [0.717, 1.165) is 50.1 Å². The second kappa shape index (κ2) is 7.82. The van der Waals surface area contributed by atoms with Crippen molar-refractivity contribution in [3.63, 3.8) is 0 Å². The molecule has 22 heavy (non-hydrogen) atoms. The maximum absolute atomic E-state index is 5.90. The predicted octanol–water partition coefficient (Wildman–Crippen LogP) is 3.19. The van der Waals surface area contributed by atoms with Gasteiger partial charge in [-0.3, -0.25) is 4.90 Å². The fourth-order valence-electron chi connectivity index (χ4n) is 2.38. The third-order valence-corrected chi connectivity index (χ3v) is 3.59. The smallest absolute Gasteiger partial charge is 0.169 e. The lowest BCUT2D eigenvalue weighted by Gasteiger charge is -2.26. The van der Waals surface area contributed by atoms with E-state index >= 15 is 0 Å². The van der Waals surface area contributed by atoms with Crippen LogP contribution in [0.1, 0.15) is 0 Å². The molecule has 0 aromatic heterocycles. The molecule has 1 saturated heterocycles. The first-order valence-corrected chi connectivity index (χ1v) is 7.67. The number of benzene rings is 2. The summed E-state index contributed by atoms with van der Waals surface area (Å²) in [5.74, 6) is 2.34. The Morgan fingerprint density at radius 1 is 0.864 bits per heavy atom. The van der Waals surface area contributed by atoms with E-state index in [9.17, 15) is 0 Å². The number of morpholine rings is 1. The standard InChI is InChI=1S/C18H21NO3/c1-2-6-16(7-3-1)22-18-9-5-4-8-17(18)21-15-12-19-10-13-20-14-11-19/h1-9H,10-15H2. The van der Waals surface area contributed by atoms with E-state index < -0.39 is 0 Å². The summed E-state index contributed by atoms with van der Waals surface area (Å²) < 4.78 is 17.1. The first-order valence-electron chi connectivity index (χ1n) is 7.67. The second-order valence-electron chi connectivity index (χ2n) is 5.16. The van der Waals surface area contributed by atoms with Crippen LogP contribution >= 0.6 is 0 Å². The molecule has 0 amide bonds. The van der Waals surface area contributed by atoms with E-state index in [0.29, 0.717) is 6.61 Å². The van der Waals surface area contributed by atoms with Crippen LogP contribution in [0.4, 0.5) is 0 Å². The molecule has 0 N–H and O–H groups in total. The molecule has 0 spiro atoms. The Balaban J connectivity index is 1.56. The van der Waals surface area contributed by atoms with Gasteiger partial charge in [0.15, 0.2) is 11.5 Å². The summed E-state index contributed by atoms with van der Waals surface area (Å²) in [5, 5.41) is 0. The fourth-order valence-corrected chi connectivity index (χ4v) is 2.38. The average molecular weight is 299 g/mol. The SMILES string of the molecule is c1ccc(Oc2ccccc2OCCN2CCOCC2)cc1. The highest BCUT2D eigenvalue weighted by molar-refractivity contribution is 5.42. The van der Waals surface area contributed by atoms with Gasteiger partial charge in [-0.05, 0) is 24.3 Å². The quantitative estimate of drug-likeness (QED) is 0.819. The van der Waals surface area contributed by atoms with Gasteiger partial charge in [0.05, 0.1) is 13.2 Å². The summed E-state index contributed by atoms with van der Waals surface area (Å²) in [6, 6.07) is 17.5. The molecule has 0 atom stereocenters. The highest BCUT2D eigenvalue weighted by atomic mass is 16.5. The molecular formula is C18H21NO3. The lowest BCUT2D eigenvalue weighted by atomic mass is 10.3. The number of para-hydroxylation sites is 3. The molecule has 1 aliphatic rings. The Kier molecular flexibility index (Phi) is 5.29. The summed E-state index contributed by atoms with van der Waals surface area (Å²) >= 11 is 0. The van der Waals surface area contributed by atoms with Crippen LogP contribution in [0.3, 0.4) is 0 Å². The molecule has 116 valence electrons. The van der Waals surface area contributed by atoms with Crippen molar-refractivity contribution in [1.82, 2.24) is 4.90 Å². The van der Waals surface area contributed by atoms with Crippen LogP contribution in [0.2, 0.25) is 0 Å². The van der Waals surface area contributed by atoms with E-state index in [-0.39, 0.29) is 0 Å². The van der Waals surface area contributed by atoms with Gasteiger partial charge in [0, 0.05) is 19.6 Å². The van der Waals surface area contributed by atoms with Crippen LogP contribution in [-0.2, 0) is 4.74 Å². The van der Waals surface area contributed by atoms with Crippen molar-refractivity contribution in [2.75, 3.05) is 39.5 Å². The predicted molar refractivity (Wildman–Crippen MR) is 85.7 cm³/mol. The van der Waals surface area contributed by atoms with Gasteiger partial charge in [-0.1, -0.05) is 30.3 Å². The normalized spacial score (nSPS) is 15.5. The highest BCUT2D eigenvalue weighted by Crippen LogP contribution is 2.30. The third kappa shape index (κ3) is 4.23. The van der Waals surface area contributed by atoms with Gasteiger partial charge in [-0.2, -0.15) is 0 Å². The van der Waals surface area contributed by atoms with Crippen molar-refractivity contribution in [3.8, 4) is 17.2 Å². The molecule has 0 unspecified atom stereocenters. The van der Waals surface area contributed by atoms with Crippen LogP contribution in [0.15, 0.2) is 54.6 Å². The molecule has 0 aliphatic carbocycles. The van der Waals surface area contributed by atoms with Gasteiger partial charge >= 0.3 is 0 Å². The first-order chi connectivity index (χ1) is 10.9. The highest BCUT2D eigenvalue weighted by Gasteiger charge is 2.11. The van der Waals surface area contributed by atoms with Crippen molar-refractivity contribution in [1.29, 1.82) is 0 Å². The Morgan fingerprint density at radius 3 is 2.32 bits per heavy atom. The molecule has 1 aliphatic heterocycles. The number of hydrogen-bond donors (Lipinski definition) is 0. The lowest BCUT2D eigenvalue weighted by Crippen LogP contribution is -2.38. The Hall–Kier alpha value is -2.04. The van der Waals surface area contributed by atoms with Crippen molar-refractivity contribution in [2.24, 2.45) is 0 Å². The maximum atomic E-state index is 5.90. The van der Waals surface area contributed by atoms with Gasteiger partial charge in [0.2, 0.25) is 0 Å². The van der Waals surface area contributed by atoms with E-state index in [1.54, 1.807) is 0 Å². The van der Waals surface area contributed by atoms with Gasteiger partial charge in [0.25, 0.3) is 0 Å². The van der Waals surface area contributed by atoms with Crippen LogP contribution in [0.25, 0.3) is 0 Å². The Bertz CT molecular complexity index is 568. The molecule has 4 nitrogen and oxygen atoms in total. The minimum Gasteiger partial charge on any atom is -0.488 e. The average Bonchev–Trinajstić information content (AvgIpc) is 2.58. The monoisotopic (exact) mass is 299 g/mol. The van der Waals surface area contributed by atoms with Gasteiger partial charge < -0.3 is 14.2 Å². The summed E-state index contributed by atoms with van der Waals surface area (Å²) in [4.78, 5) is 2.35. The first kappa shape index (κ1) is 14.9. The van der Waals surface area contributed by atoms with Crippen LogP contribution in [0.5, 0.6) is 17.2 Å². The molecule has 0 saturated carbocycles. The molecule has 4 heteroatoms. The Morgan fingerprint density at radius 2 is 1.55 bits per heavy atom. The van der Waals surface area contributed by atoms with Crippen LogP contribution < -0.4 is 9.47 Å². The zero-order valence-electron chi connectivity index (χ0n) is 12.6. The van der Waals surface area contributed by atoms with Crippen LogP contribution in [0, 0.1) is 0 Å². The van der Waals surface area contributed by atoms with Gasteiger partial charge in [-0.25, -0.2) is 0 Å². The van der Waals surface area contributed by atoms with E-state index in [4.69, 9.17) is 14.2 Å². The van der Waals surface area contributed by atoms with Crippen molar-refractivity contribution < 1.29 is 14.2 Å². The van der Waals surface area contributed by atoms with Gasteiger partial charge in [-0.15, -0.1) is 0 Å². The van der Waals surface area contributed by atoms with E-state index in [2.05, 4.69) is 4.90 Å². The van der Waals surface area contributed by atoms with Gasteiger partial charge in [0.1, 0.15) is 12.4 Å². The molecule has 0 bridgehead atoms. The van der Waals surface area contributed by atoms with E-state index in [1.165, 1.54) is 0 Å². The zero-order valence-corrected chi connectivity index (χ0v) is 12.6. The van der Waals surface area contributed by atoms with Crippen molar-refractivity contribution in [2.45, 2.75) is 0 Å². The molecule has 2 aromatic rings. The topological polar surface area (TPSA) is 30.9 Å². The molecular weight excluding hydrogens is 278 g/mol. The largest absolute Gasteiger partial charge is 0.488 e. The maximum Gasteiger partial charge on any atom is 0.169 e. The second-order valence-corrected chi connectivity index (χ2v) is 5.16. The number of hydrogen-bond acceptors (Lipinski definition) is 4. The zero-order chi connectivity index (χ0) is 15.0. The number of nitrogens with zero attached hydrogens (tertiary/aromatic N) is 1. The summed E-state index contributed by atoms with van der Waals surface area (Å²) in [6.07, 6.45) is 0. The minimum atomic E-state index is 0.648. The Labute approximate surface area is 131 Å². The van der Waals surface area contributed by atoms with E-state index in [1.807, 2.05) is 54.6 Å². The molecule has 0 radical (unpaired) electrons. The van der Waals surface area contributed by atoms with Crippen molar-refractivity contribution >= 4 is 0 Å². The molecule has 1 fully saturated rings. The number of rotatable bonds is 6. The summed E-state index contributed by atoms with van der Waals surface area (Å²) in [6.45, 7) is 5.14. The number of ether oxygens (including phenoxy) is 3.